The van der Waals surface area contributed by atoms with Crippen molar-refractivity contribution in [3.63, 3.8) is 0 Å². The summed E-state index contributed by atoms with van der Waals surface area (Å²) in [7, 11) is 2.38. The third kappa shape index (κ3) is 17.0. The smallest absolute Gasteiger partial charge is 0.408 e. The summed E-state index contributed by atoms with van der Waals surface area (Å²) in [6.45, 7) is 13.4. The minimum Gasteiger partial charge on any atom is -0.467 e. The third-order valence-corrected chi connectivity index (χ3v) is 7.16. The Bertz CT molecular complexity index is 1550. The number of azide groups is 1. The average Bonchev–Trinajstić information content (AvgIpc) is 3.36. The molecule has 0 bridgehead atoms. The van der Waals surface area contributed by atoms with E-state index in [1.807, 2.05) is 36.4 Å². The molecule has 55 heavy (non-hydrogen) atoms. The number of hydrogen-bond acceptors (Lipinski definition) is 11. The molecule has 0 saturated carbocycles. The van der Waals surface area contributed by atoms with Crippen LogP contribution in [0.25, 0.3) is 21.6 Å². The highest BCUT2D eigenvalue weighted by Gasteiger charge is 2.33. The minimum absolute atomic E-state index is 0. The van der Waals surface area contributed by atoms with Gasteiger partial charge >= 0.3 is 30.2 Å². The van der Waals surface area contributed by atoms with Gasteiger partial charge in [-0.3, -0.25) is 0 Å². The van der Waals surface area contributed by atoms with Crippen LogP contribution in [0.5, 0.6) is 0 Å². The summed E-state index contributed by atoms with van der Waals surface area (Å²) in [4.78, 5) is 62.4. The van der Waals surface area contributed by atoms with Crippen molar-refractivity contribution in [3.8, 4) is 11.1 Å². The second-order valence-corrected chi connectivity index (χ2v) is 13.5. The Kier molecular flexibility index (Phi) is 23.5. The highest BCUT2D eigenvalue weighted by atomic mass is 16.6. The molecule has 16 heteroatoms. The molecular weight excluding hydrogens is 712 g/mol. The van der Waals surface area contributed by atoms with Crippen molar-refractivity contribution in [3.05, 3.63) is 70.1 Å². The van der Waals surface area contributed by atoms with Crippen LogP contribution in [0.3, 0.4) is 0 Å². The fourth-order valence-corrected chi connectivity index (χ4v) is 4.94. The summed E-state index contributed by atoms with van der Waals surface area (Å²) >= 11 is 0. The summed E-state index contributed by atoms with van der Waals surface area (Å²) in [6.07, 6.45) is -2.28. The van der Waals surface area contributed by atoms with Crippen LogP contribution in [-0.4, -0.2) is 86.4 Å². The van der Waals surface area contributed by atoms with Gasteiger partial charge in [-0.15, -0.1) is 0 Å². The van der Waals surface area contributed by atoms with Crippen molar-refractivity contribution in [2.75, 3.05) is 20.8 Å². The van der Waals surface area contributed by atoms with Gasteiger partial charge in [-0.25, -0.2) is 24.0 Å². The SMILES string of the molecule is C.C.C.C.COC(=O)[C@@H](NC(=O)OC(C)(C)C)[C@@H](C)N=[N+]=[N-].COC(=O)[C@@H](NC(=O)OC(C)(C)C)[C@@H](C)NC(=O)OCC1c2ccccc2-c2ccccc21. The van der Waals surface area contributed by atoms with Crippen LogP contribution in [0.15, 0.2) is 53.6 Å². The number of nitrogens with zero attached hydrogens (tertiary/aromatic N) is 3. The Labute approximate surface area is 327 Å². The standard InChI is InChI=1S/C25H30N2O6.C10H18N4O4.4CH4/c1-15(21(22(28)31-5)27-24(30)33-25(2,3)4)26-23(29)32-14-20-18-12-8-6-10-16(18)17-11-7-9-13-19(17)20;1-6(13-14-11)7(8(15)17-5)12-9(16)18-10(2,3)4;;;;/h6-13,15,20-21H,14H2,1-5H3,(H,26,29)(H,27,30);6-7H,1-5H3,(H,12,16);4*1H4/t15-,21+;6-,7+;;;;/m11..../s1. The van der Waals surface area contributed by atoms with Gasteiger partial charge in [0.05, 0.1) is 26.3 Å². The normalized spacial score (nSPS) is 13.1. The lowest BCUT2D eigenvalue weighted by Gasteiger charge is -2.26. The summed E-state index contributed by atoms with van der Waals surface area (Å²) in [6, 6.07) is 12.2. The number of alkyl carbamates (subject to hydrolysis) is 3. The zero-order chi connectivity index (χ0) is 38.5. The zero-order valence-corrected chi connectivity index (χ0v) is 30.6. The topological polar surface area (TPSA) is 216 Å². The molecule has 3 amide bonds. The molecule has 0 aliphatic heterocycles. The molecule has 16 nitrogen and oxygen atoms in total. The number of amides is 3. The van der Waals surface area contributed by atoms with Gasteiger partial charge in [0.15, 0.2) is 0 Å². The lowest BCUT2D eigenvalue weighted by molar-refractivity contribution is -0.144. The molecule has 0 saturated heterocycles. The second-order valence-electron chi connectivity index (χ2n) is 13.5. The molecule has 310 valence electrons. The van der Waals surface area contributed by atoms with Gasteiger partial charge in [0.2, 0.25) is 0 Å². The number of benzene rings is 2. The quantitative estimate of drug-likeness (QED) is 0.0690. The van der Waals surface area contributed by atoms with Crippen LogP contribution < -0.4 is 16.0 Å². The van der Waals surface area contributed by atoms with Crippen LogP contribution in [0.1, 0.15) is 102 Å². The molecular formula is C39H64N6O10. The molecule has 0 radical (unpaired) electrons. The molecule has 4 atom stereocenters. The Morgan fingerprint density at radius 1 is 0.691 bits per heavy atom. The van der Waals surface area contributed by atoms with E-state index in [0.29, 0.717) is 0 Å². The minimum atomic E-state index is -1.15. The predicted octanol–water partition coefficient (Wildman–Crippen LogP) is 8.28. The van der Waals surface area contributed by atoms with Crippen molar-refractivity contribution >= 4 is 30.2 Å². The number of carbonyl (C=O) groups excluding carboxylic acids is 5. The molecule has 3 N–H and O–H groups in total. The highest BCUT2D eigenvalue weighted by Crippen LogP contribution is 2.44. The molecule has 3 rings (SSSR count). The van der Waals surface area contributed by atoms with E-state index in [-0.39, 0.29) is 42.2 Å². The largest absolute Gasteiger partial charge is 0.467 e. The molecule has 0 unspecified atom stereocenters. The maximum absolute atomic E-state index is 12.5. The first-order valence-electron chi connectivity index (χ1n) is 16.1. The van der Waals surface area contributed by atoms with E-state index in [4.69, 9.17) is 24.5 Å². The lowest BCUT2D eigenvalue weighted by Crippen LogP contribution is -2.55. The molecule has 1 aliphatic carbocycles. The first-order valence-corrected chi connectivity index (χ1v) is 16.1. The molecule has 1 aliphatic rings. The summed E-state index contributed by atoms with van der Waals surface area (Å²) in [5.41, 5.74) is 11.3. The number of ether oxygens (including phenoxy) is 5. The van der Waals surface area contributed by atoms with Crippen LogP contribution in [-0.2, 0) is 33.3 Å². The van der Waals surface area contributed by atoms with E-state index in [9.17, 15) is 24.0 Å². The van der Waals surface area contributed by atoms with Gasteiger partial charge in [0.1, 0.15) is 29.9 Å². The van der Waals surface area contributed by atoms with E-state index in [0.717, 1.165) is 22.3 Å². The Hall–Kier alpha value is -5.50. The number of methoxy groups -OCH3 is 2. The van der Waals surface area contributed by atoms with E-state index in [2.05, 4.69) is 42.8 Å². The number of esters is 2. The van der Waals surface area contributed by atoms with E-state index in [1.165, 1.54) is 21.1 Å². The third-order valence-electron chi connectivity index (χ3n) is 7.16. The maximum Gasteiger partial charge on any atom is 0.408 e. The van der Waals surface area contributed by atoms with Crippen LogP contribution in [0.4, 0.5) is 14.4 Å². The monoisotopic (exact) mass is 776 g/mol. The van der Waals surface area contributed by atoms with Crippen molar-refractivity contribution in [1.29, 1.82) is 0 Å². The fourth-order valence-electron chi connectivity index (χ4n) is 4.94. The van der Waals surface area contributed by atoms with Gasteiger partial charge in [-0.1, -0.05) is 90.3 Å². The summed E-state index contributed by atoms with van der Waals surface area (Å²) in [5.74, 6) is -1.51. The first kappa shape index (κ1) is 53.8. The zero-order valence-electron chi connectivity index (χ0n) is 30.6. The van der Waals surface area contributed by atoms with Gasteiger partial charge in [0.25, 0.3) is 0 Å². The van der Waals surface area contributed by atoms with Gasteiger partial charge < -0.3 is 39.6 Å². The Morgan fingerprint density at radius 3 is 1.49 bits per heavy atom. The summed E-state index contributed by atoms with van der Waals surface area (Å²) in [5, 5.41) is 10.7. The lowest BCUT2D eigenvalue weighted by atomic mass is 9.98. The van der Waals surface area contributed by atoms with E-state index >= 15 is 0 Å². The maximum atomic E-state index is 12.5. The molecule has 0 heterocycles. The predicted molar refractivity (Wildman–Crippen MR) is 214 cm³/mol. The van der Waals surface area contributed by atoms with Crippen LogP contribution >= 0.6 is 0 Å². The number of rotatable bonds is 10. The Morgan fingerprint density at radius 2 is 1.09 bits per heavy atom. The van der Waals surface area contributed by atoms with Gasteiger partial charge in [0, 0.05) is 10.8 Å². The van der Waals surface area contributed by atoms with Crippen molar-refractivity contribution in [2.24, 2.45) is 5.11 Å². The highest BCUT2D eigenvalue weighted by molar-refractivity contribution is 5.83. The van der Waals surface area contributed by atoms with E-state index < -0.39 is 65.6 Å². The number of fused-ring (bicyclic) bond motifs is 3. The first-order chi connectivity index (χ1) is 23.8. The van der Waals surface area contributed by atoms with Gasteiger partial charge in [-0.05, 0) is 76.3 Å². The molecule has 0 fully saturated rings. The second kappa shape index (κ2) is 24.0. The van der Waals surface area contributed by atoms with Crippen molar-refractivity contribution < 1.29 is 47.7 Å². The van der Waals surface area contributed by atoms with Gasteiger partial charge in [-0.2, -0.15) is 0 Å². The molecule has 2 aromatic carbocycles. The Balaban J connectivity index is -0.00000107. The van der Waals surface area contributed by atoms with E-state index in [1.54, 1.807) is 48.5 Å². The number of carbonyl (C=O) groups is 5. The average molecular weight is 777 g/mol. The summed E-state index contributed by atoms with van der Waals surface area (Å²) < 4.78 is 25.0. The van der Waals surface area contributed by atoms with Crippen molar-refractivity contribution in [1.82, 2.24) is 16.0 Å². The molecule has 2 aromatic rings. The number of hydrogen-bond donors (Lipinski definition) is 3. The fraction of sp³-hybridized carbons (Fsp3) is 0.564. The van der Waals surface area contributed by atoms with Crippen LogP contribution in [0.2, 0.25) is 0 Å². The molecule has 0 aromatic heterocycles. The number of nitrogens with one attached hydrogen (secondary N) is 3. The van der Waals surface area contributed by atoms with Crippen molar-refractivity contribution in [2.45, 2.75) is 126 Å². The van der Waals surface area contributed by atoms with Crippen LogP contribution in [0, 0.1) is 0 Å². The molecule has 0 spiro atoms.